The summed E-state index contributed by atoms with van der Waals surface area (Å²) in [5.41, 5.74) is 4.41. The van der Waals surface area contributed by atoms with Crippen LogP contribution < -0.4 is 5.32 Å². The SMILES string of the molecule is CCN(C)C(=O)c1ccc2c(C(=Nc3ccc(C(=O)N4C[C@@H](C)N[C@@H](C)C4)cc3)c3ccccc3)c(O)[nH]c2c1. The van der Waals surface area contributed by atoms with Crippen molar-refractivity contribution in [1.82, 2.24) is 20.1 Å². The van der Waals surface area contributed by atoms with Gasteiger partial charge in [-0.2, -0.15) is 0 Å². The molecule has 1 aromatic heterocycles. The van der Waals surface area contributed by atoms with E-state index in [1.165, 1.54) is 0 Å². The first kappa shape index (κ1) is 27.1. The van der Waals surface area contributed by atoms with Crippen LogP contribution in [0.2, 0.25) is 0 Å². The quantitative estimate of drug-likeness (QED) is 0.303. The average Bonchev–Trinajstić information content (AvgIpc) is 3.29. The molecule has 5 rings (SSSR count). The number of aromatic hydroxyl groups is 1. The predicted octanol–water partition coefficient (Wildman–Crippen LogP) is 4.96. The van der Waals surface area contributed by atoms with Crippen LogP contribution in [0.25, 0.3) is 10.9 Å². The Morgan fingerprint density at radius 1 is 0.950 bits per heavy atom. The molecule has 1 fully saturated rings. The lowest BCUT2D eigenvalue weighted by molar-refractivity contribution is 0.0673. The molecule has 3 aromatic carbocycles. The van der Waals surface area contributed by atoms with Gasteiger partial charge in [-0.3, -0.25) is 9.59 Å². The van der Waals surface area contributed by atoms with Gasteiger partial charge >= 0.3 is 0 Å². The van der Waals surface area contributed by atoms with Gasteiger partial charge in [0.2, 0.25) is 0 Å². The van der Waals surface area contributed by atoms with Crippen molar-refractivity contribution in [2.45, 2.75) is 32.9 Å². The lowest BCUT2D eigenvalue weighted by Gasteiger charge is -2.36. The normalized spacial score (nSPS) is 17.7. The summed E-state index contributed by atoms with van der Waals surface area (Å²) >= 11 is 0. The van der Waals surface area contributed by atoms with Crippen LogP contribution in [0.4, 0.5) is 5.69 Å². The number of nitrogens with one attached hydrogen (secondary N) is 2. The van der Waals surface area contributed by atoms with E-state index in [2.05, 4.69) is 24.1 Å². The molecule has 3 N–H and O–H groups in total. The Hall–Kier alpha value is -4.43. The fraction of sp³-hybridized carbons (Fsp3) is 0.281. The lowest BCUT2D eigenvalue weighted by atomic mass is 10.00. The van der Waals surface area contributed by atoms with Crippen LogP contribution in [0.5, 0.6) is 5.88 Å². The predicted molar refractivity (Wildman–Crippen MR) is 159 cm³/mol. The van der Waals surface area contributed by atoms with E-state index in [-0.39, 0.29) is 29.8 Å². The summed E-state index contributed by atoms with van der Waals surface area (Å²) in [5.74, 6) is -0.108. The van der Waals surface area contributed by atoms with Gasteiger partial charge in [0.05, 0.1) is 17.0 Å². The number of hydrogen-bond acceptors (Lipinski definition) is 5. The van der Waals surface area contributed by atoms with Crippen molar-refractivity contribution in [3.05, 3.63) is 95.1 Å². The van der Waals surface area contributed by atoms with Gasteiger partial charge in [0.25, 0.3) is 11.8 Å². The van der Waals surface area contributed by atoms with E-state index in [0.717, 1.165) is 10.9 Å². The van der Waals surface area contributed by atoms with Gasteiger partial charge in [0, 0.05) is 66.4 Å². The van der Waals surface area contributed by atoms with Crippen molar-refractivity contribution in [1.29, 1.82) is 0 Å². The molecule has 0 bridgehead atoms. The average molecular weight is 538 g/mol. The fourth-order valence-corrected chi connectivity index (χ4v) is 5.26. The Morgan fingerprint density at radius 2 is 1.60 bits per heavy atom. The molecule has 0 saturated carbocycles. The zero-order valence-corrected chi connectivity index (χ0v) is 23.3. The second kappa shape index (κ2) is 11.4. The molecule has 206 valence electrons. The maximum absolute atomic E-state index is 13.2. The highest BCUT2D eigenvalue weighted by Crippen LogP contribution is 2.32. The van der Waals surface area contributed by atoms with E-state index in [0.29, 0.717) is 53.2 Å². The highest BCUT2D eigenvalue weighted by atomic mass is 16.3. The monoisotopic (exact) mass is 537 g/mol. The van der Waals surface area contributed by atoms with E-state index in [1.807, 2.05) is 60.4 Å². The fourth-order valence-electron chi connectivity index (χ4n) is 5.26. The molecule has 2 atom stereocenters. The summed E-state index contributed by atoms with van der Waals surface area (Å²) in [5, 5.41) is 15.3. The van der Waals surface area contributed by atoms with Crippen LogP contribution in [-0.4, -0.2) is 76.2 Å². The number of aliphatic imine (C=N–C) groups is 1. The topological polar surface area (TPSA) is 101 Å². The summed E-state index contributed by atoms with van der Waals surface area (Å²) in [6, 6.07) is 22.8. The number of aromatic amines is 1. The first-order valence-electron chi connectivity index (χ1n) is 13.6. The minimum atomic E-state index is -0.0867. The molecule has 4 aromatic rings. The smallest absolute Gasteiger partial charge is 0.253 e. The Labute approximate surface area is 234 Å². The number of rotatable bonds is 6. The highest BCUT2D eigenvalue weighted by Gasteiger charge is 2.26. The molecule has 1 saturated heterocycles. The third-order valence-corrected chi connectivity index (χ3v) is 7.33. The van der Waals surface area contributed by atoms with Crippen LogP contribution in [0.1, 0.15) is 52.6 Å². The van der Waals surface area contributed by atoms with Crippen LogP contribution >= 0.6 is 0 Å². The Morgan fingerprint density at radius 3 is 2.25 bits per heavy atom. The minimum absolute atomic E-state index is 0.00681. The van der Waals surface area contributed by atoms with Gasteiger partial charge in [-0.05, 0) is 57.2 Å². The second-order valence-corrected chi connectivity index (χ2v) is 10.5. The molecule has 0 aliphatic carbocycles. The van der Waals surface area contributed by atoms with Crippen LogP contribution in [0, 0.1) is 0 Å². The molecule has 0 radical (unpaired) electrons. The zero-order valence-electron chi connectivity index (χ0n) is 23.3. The number of hydrogen-bond donors (Lipinski definition) is 3. The van der Waals surface area contributed by atoms with Crippen molar-refractivity contribution in [3.8, 4) is 5.88 Å². The maximum Gasteiger partial charge on any atom is 0.253 e. The first-order chi connectivity index (χ1) is 19.2. The summed E-state index contributed by atoms with van der Waals surface area (Å²) < 4.78 is 0. The van der Waals surface area contributed by atoms with E-state index in [4.69, 9.17) is 4.99 Å². The van der Waals surface area contributed by atoms with Crippen molar-refractivity contribution >= 4 is 34.1 Å². The third-order valence-electron chi connectivity index (χ3n) is 7.33. The Kier molecular flexibility index (Phi) is 7.71. The minimum Gasteiger partial charge on any atom is -0.494 e. The summed E-state index contributed by atoms with van der Waals surface area (Å²) in [6.07, 6.45) is 0. The number of carbonyl (C=O) groups is 2. The molecular formula is C32H35N5O3. The van der Waals surface area contributed by atoms with Crippen molar-refractivity contribution < 1.29 is 14.7 Å². The molecular weight excluding hydrogens is 502 g/mol. The van der Waals surface area contributed by atoms with Gasteiger partial charge in [0.15, 0.2) is 5.88 Å². The lowest BCUT2D eigenvalue weighted by Crippen LogP contribution is -2.55. The number of carbonyl (C=O) groups excluding carboxylic acids is 2. The number of amides is 2. The number of nitrogens with zero attached hydrogens (tertiary/aromatic N) is 3. The number of piperazine rings is 1. The zero-order chi connectivity index (χ0) is 28.4. The molecule has 2 amide bonds. The van der Waals surface area contributed by atoms with Crippen LogP contribution in [0.3, 0.4) is 0 Å². The van der Waals surface area contributed by atoms with E-state index in [1.54, 1.807) is 36.2 Å². The number of aromatic nitrogens is 1. The summed E-state index contributed by atoms with van der Waals surface area (Å²) in [6.45, 7) is 8.03. The highest BCUT2D eigenvalue weighted by molar-refractivity contribution is 6.22. The second-order valence-electron chi connectivity index (χ2n) is 10.5. The third kappa shape index (κ3) is 5.49. The van der Waals surface area contributed by atoms with Crippen molar-refractivity contribution in [2.24, 2.45) is 4.99 Å². The number of fused-ring (bicyclic) bond motifs is 1. The summed E-state index contributed by atoms with van der Waals surface area (Å²) in [4.78, 5) is 37.4. The van der Waals surface area contributed by atoms with Crippen molar-refractivity contribution in [3.63, 3.8) is 0 Å². The molecule has 0 unspecified atom stereocenters. The molecule has 8 heteroatoms. The van der Waals surface area contributed by atoms with Gasteiger partial charge in [-0.25, -0.2) is 4.99 Å². The van der Waals surface area contributed by atoms with Crippen molar-refractivity contribution in [2.75, 3.05) is 26.7 Å². The summed E-state index contributed by atoms with van der Waals surface area (Å²) in [7, 11) is 1.76. The molecule has 1 aliphatic heterocycles. The molecule has 2 heterocycles. The van der Waals surface area contributed by atoms with Crippen LogP contribution in [0.15, 0.2) is 77.8 Å². The number of benzene rings is 3. The maximum atomic E-state index is 13.2. The Balaban J connectivity index is 1.52. The standard InChI is InChI=1S/C32H35N5O3/c1-5-36(4)31(39)24-13-16-26-27(17-24)35-30(38)28(26)29(22-9-7-6-8-10-22)34-25-14-11-23(12-15-25)32(40)37-18-20(2)33-21(3)19-37/h6-17,20-21,33,35,38H,5,18-19H2,1-4H3/t20-,21+. The van der Waals surface area contributed by atoms with E-state index >= 15 is 0 Å². The number of H-pyrrole nitrogens is 1. The Bertz CT molecular complexity index is 1550. The van der Waals surface area contributed by atoms with Gasteiger partial charge in [0.1, 0.15) is 0 Å². The van der Waals surface area contributed by atoms with Gasteiger partial charge in [-0.15, -0.1) is 0 Å². The largest absolute Gasteiger partial charge is 0.494 e. The van der Waals surface area contributed by atoms with Crippen LogP contribution in [-0.2, 0) is 0 Å². The molecule has 8 nitrogen and oxygen atoms in total. The molecule has 0 spiro atoms. The van der Waals surface area contributed by atoms with Gasteiger partial charge < -0.3 is 25.2 Å². The molecule has 40 heavy (non-hydrogen) atoms. The first-order valence-corrected chi connectivity index (χ1v) is 13.6. The molecule has 1 aliphatic rings. The van der Waals surface area contributed by atoms with E-state index < -0.39 is 0 Å². The van der Waals surface area contributed by atoms with E-state index in [9.17, 15) is 14.7 Å². The van der Waals surface area contributed by atoms with Gasteiger partial charge in [-0.1, -0.05) is 36.4 Å².